The quantitative estimate of drug-likeness (QED) is 0.696. The highest BCUT2D eigenvalue weighted by Gasteiger charge is 2.05. The summed E-state index contributed by atoms with van der Waals surface area (Å²) in [7, 11) is 1.64. The fourth-order valence-corrected chi connectivity index (χ4v) is 1.22. The molecule has 0 saturated heterocycles. The summed E-state index contributed by atoms with van der Waals surface area (Å²) in [6, 6.07) is 12.2. The maximum atomic E-state index is 5.26. The molecule has 0 aliphatic carbocycles. The summed E-state index contributed by atoms with van der Waals surface area (Å²) in [5.41, 5.74) is 0.926. The van der Waals surface area contributed by atoms with Gasteiger partial charge in [-0.25, -0.2) is 0 Å². The van der Waals surface area contributed by atoms with Crippen molar-refractivity contribution in [3.63, 3.8) is 0 Å². The topological polar surface area (TPSA) is 22.4 Å². The number of hydrogen-bond acceptors (Lipinski definition) is 2. The molecule has 1 radical (unpaired) electrons. The Bertz CT molecular complexity index is 377. The summed E-state index contributed by atoms with van der Waals surface area (Å²) in [6.45, 7) is 0. The van der Waals surface area contributed by atoms with E-state index in [1.54, 1.807) is 13.4 Å². The minimum Gasteiger partial charge on any atom is -0.496 e. The summed E-state index contributed by atoms with van der Waals surface area (Å²) in [5, 5.41) is 0. The van der Waals surface area contributed by atoms with Crippen LogP contribution >= 0.6 is 0 Å². The van der Waals surface area contributed by atoms with E-state index in [0.717, 1.165) is 17.1 Å². The number of hydrogen-bond donors (Lipinski definition) is 0. The lowest BCUT2D eigenvalue weighted by molar-refractivity contribution is 0.414. The smallest absolute Gasteiger partial charge is 0.137 e. The van der Waals surface area contributed by atoms with Gasteiger partial charge in [-0.3, -0.25) is 0 Å². The molecule has 0 saturated carbocycles. The Kier molecular flexibility index (Phi) is 2.04. The predicted octanol–water partition coefficient (Wildman–Crippen LogP) is 2.76. The Morgan fingerprint density at radius 2 is 2.31 bits per heavy atom. The second kappa shape index (κ2) is 3.35. The zero-order valence-electron chi connectivity index (χ0n) is 7.28. The number of ether oxygens (including phenoxy) is 1. The first-order valence-electron chi connectivity index (χ1n) is 4.00. The van der Waals surface area contributed by atoms with E-state index >= 15 is 0 Å². The van der Waals surface area contributed by atoms with Crippen LogP contribution in [0.4, 0.5) is 0 Å². The SMILES string of the molecule is COc1cc[c]cc1-c1ccco1. The summed E-state index contributed by atoms with van der Waals surface area (Å²) >= 11 is 0. The third-order valence-electron chi connectivity index (χ3n) is 1.83. The van der Waals surface area contributed by atoms with Crippen LogP contribution in [0.5, 0.6) is 5.75 Å². The van der Waals surface area contributed by atoms with Crippen LogP contribution in [0.2, 0.25) is 0 Å². The molecule has 0 amide bonds. The number of benzene rings is 1. The molecular formula is C11H9O2. The zero-order chi connectivity index (χ0) is 9.10. The largest absolute Gasteiger partial charge is 0.496 e. The summed E-state index contributed by atoms with van der Waals surface area (Å²) in [4.78, 5) is 0. The minimum absolute atomic E-state index is 0.800. The first-order valence-corrected chi connectivity index (χ1v) is 4.00. The molecule has 0 unspecified atom stereocenters. The molecule has 2 aromatic rings. The van der Waals surface area contributed by atoms with E-state index in [1.807, 2.05) is 30.3 Å². The maximum absolute atomic E-state index is 5.26. The Morgan fingerprint density at radius 1 is 1.38 bits per heavy atom. The van der Waals surface area contributed by atoms with Crippen LogP contribution in [0.1, 0.15) is 0 Å². The average molecular weight is 173 g/mol. The van der Waals surface area contributed by atoms with Crippen LogP contribution in [0.25, 0.3) is 11.3 Å². The van der Waals surface area contributed by atoms with E-state index in [1.165, 1.54) is 0 Å². The van der Waals surface area contributed by atoms with Gasteiger partial charge in [0.15, 0.2) is 0 Å². The Morgan fingerprint density at radius 3 is 3.00 bits per heavy atom. The van der Waals surface area contributed by atoms with Crippen molar-refractivity contribution >= 4 is 0 Å². The third-order valence-corrected chi connectivity index (χ3v) is 1.83. The standard InChI is InChI=1S/C11H9O2/c1-12-10-6-3-2-5-9(10)11-7-4-8-13-11/h3-8H,1H3. The molecule has 0 fully saturated rings. The predicted molar refractivity (Wildman–Crippen MR) is 49.5 cm³/mol. The second-order valence-electron chi connectivity index (χ2n) is 2.60. The first kappa shape index (κ1) is 7.92. The number of methoxy groups -OCH3 is 1. The van der Waals surface area contributed by atoms with E-state index < -0.39 is 0 Å². The molecule has 0 aliphatic rings. The summed E-state index contributed by atoms with van der Waals surface area (Å²) < 4.78 is 10.5. The molecular weight excluding hydrogens is 164 g/mol. The van der Waals surface area contributed by atoms with Crippen molar-refractivity contribution in [2.24, 2.45) is 0 Å². The highest BCUT2D eigenvalue weighted by Crippen LogP contribution is 2.29. The molecule has 2 heteroatoms. The molecule has 65 valence electrons. The fourth-order valence-electron chi connectivity index (χ4n) is 1.22. The van der Waals surface area contributed by atoms with Gasteiger partial charge in [0.05, 0.1) is 18.9 Å². The van der Waals surface area contributed by atoms with Crippen molar-refractivity contribution in [3.8, 4) is 17.1 Å². The Balaban J connectivity index is 2.51. The Hall–Kier alpha value is -1.70. The Labute approximate surface area is 76.8 Å². The molecule has 2 rings (SSSR count). The lowest BCUT2D eigenvalue weighted by Crippen LogP contribution is -1.85. The van der Waals surface area contributed by atoms with Crippen molar-refractivity contribution in [1.29, 1.82) is 0 Å². The molecule has 1 aromatic carbocycles. The minimum atomic E-state index is 0.800. The molecule has 0 spiro atoms. The van der Waals surface area contributed by atoms with Gasteiger partial charge in [0.25, 0.3) is 0 Å². The normalized spacial score (nSPS) is 9.92. The van der Waals surface area contributed by atoms with Crippen LogP contribution in [-0.4, -0.2) is 7.11 Å². The van der Waals surface area contributed by atoms with Gasteiger partial charge in [-0.2, -0.15) is 0 Å². The molecule has 0 bridgehead atoms. The van der Waals surface area contributed by atoms with Crippen LogP contribution in [0.15, 0.2) is 41.0 Å². The van der Waals surface area contributed by atoms with E-state index in [0.29, 0.717) is 0 Å². The molecule has 0 N–H and O–H groups in total. The lowest BCUT2D eigenvalue weighted by Gasteiger charge is -2.04. The fraction of sp³-hybridized carbons (Fsp3) is 0.0909. The van der Waals surface area contributed by atoms with Crippen molar-refractivity contribution in [2.45, 2.75) is 0 Å². The van der Waals surface area contributed by atoms with Crippen molar-refractivity contribution in [1.82, 2.24) is 0 Å². The van der Waals surface area contributed by atoms with Gasteiger partial charge in [-0.15, -0.1) is 0 Å². The maximum Gasteiger partial charge on any atom is 0.137 e. The van der Waals surface area contributed by atoms with E-state index in [-0.39, 0.29) is 0 Å². The molecule has 13 heavy (non-hydrogen) atoms. The van der Waals surface area contributed by atoms with Crippen LogP contribution in [0.3, 0.4) is 0 Å². The monoisotopic (exact) mass is 173 g/mol. The summed E-state index contributed by atoms with van der Waals surface area (Å²) in [5.74, 6) is 1.60. The number of furan rings is 1. The number of rotatable bonds is 2. The molecule has 0 aliphatic heterocycles. The van der Waals surface area contributed by atoms with E-state index in [9.17, 15) is 0 Å². The molecule has 1 aromatic heterocycles. The van der Waals surface area contributed by atoms with Gasteiger partial charge >= 0.3 is 0 Å². The molecule has 1 heterocycles. The highest BCUT2D eigenvalue weighted by atomic mass is 16.5. The average Bonchev–Trinajstić information content (AvgIpc) is 2.70. The van der Waals surface area contributed by atoms with E-state index in [4.69, 9.17) is 9.15 Å². The third kappa shape index (κ3) is 1.43. The van der Waals surface area contributed by atoms with Crippen molar-refractivity contribution in [3.05, 3.63) is 42.7 Å². The van der Waals surface area contributed by atoms with Gasteiger partial charge in [-0.1, -0.05) is 6.07 Å². The summed E-state index contributed by atoms with van der Waals surface area (Å²) in [6.07, 6.45) is 1.64. The highest BCUT2D eigenvalue weighted by molar-refractivity contribution is 5.65. The lowest BCUT2D eigenvalue weighted by atomic mass is 10.1. The van der Waals surface area contributed by atoms with Crippen LogP contribution in [-0.2, 0) is 0 Å². The second-order valence-corrected chi connectivity index (χ2v) is 2.60. The molecule has 0 atom stereocenters. The van der Waals surface area contributed by atoms with Gasteiger partial charge in [-0.05, 0) is 30.3 Å². The van der Waals surface area contributed by atoms with Crippen molar-refractivity contribution in [2.75, 3.05) is 7.11 Å². The van der Waals surface area contributed by atoms with Gasteiger partial charge < -0.3 is 9.15 Å². The van der Waals surface area contributed by atoms with E-state index in [2.05, 4.69) is 6.07 Å². The van der Waals surface area contributed by atoms with Gasteiger partial charge in [0.2, 0.25) is 0 Å². The molecule has 2 nitrogen and oxygen atoms in total. The van der Waals surface area contributed by atoms with Gasteiger partial charge in [0.1, 0.15) is 11.5 Å². The van der Waals surface area contributed by atoms with Crippen molar-refractivity contribution < 1.29 is 9.15 Å². The van der Waals surface area contributed by atoms with Crippen LogP contribution < -0.4 is 4.74 Å². The van der Waals surface area contributed by atoms with Gasteiger partial charge in [0, 0.05) is 0 Å². The zero-order valence-corrected chi connectivity index (χ0v) is 7.28. The van der Waals surface area contributed by atoms with Crippen LogP contribution in [0, 0.1) is 6.07 Å². The first-order chi connectivity index (χ1) is 6.42.